The van der Waals surface area contributed by atoms with Crippen LogP contribution in [0.25, 0.3) is 0 Å². The Bertz CT molecular complexity index is 255. The maximum atomic E-state index is 5.71. The predicted octanol–water partition coefficient (Wildman–Crippen LogP) is 1.31. The molecule has 0 aromatic carbocycles. The van der Waals surface area contributed by atoms with Crippen molar-refractivity contribution in [3.63, 3.8) is 0 Å². The van der Waals surface area contributed by atoms with Crippen LogP contribution in [-0.4, -0.2) is 24.8 Å². The molecule has 14 heavy (non-hydrogen) atoms. The Kier molecular flexibility index (Phi) is 3.18. The standard InChI is InChI=1S/C10H16N2O2/c11-8-9(10-4-3-6-13-10)12-5-1-2-7-14-12/h3-4,6,9H,1-2,5,7-8,11H2. The van der Waals surface area contributed by atoms with Crippen molar-refractivity contribution in [1.82, 2.24) is 5.06 Å². The first-order valence-electron chi connectivity index (χ1n) is 5.05. The first-order chi connectivity index (χ1) is 6.92. The molecule has 1 aliphatic heterocycles. The Balaban J connectivity index is 2.04. The van der Waals surface area contributed by atoms with E-state index in [0.717, 1.165) is 31.8 Å². The second-order valence-electron chi connectivity index (χ2n) is 3.45. The van der Waals surface area contributed by atoms with Gasteiger partial charge >= 0.3 is 0 Å². The highest BCUT2D eigenvalue weighted by Crippen LogP contribution is 2.23. The van der Waals surface area contributed by atoms with E-state index in [4.69, 9.17) is 15.0 Å². The average Bonchev–Trinajstić information content (AvgIpc) is 2.74. The van der Waals surface area contributed by atoms with Crippen LogP contribution in [0.15, 0.2) is 22.8 Å². The van der Waals surface area contributed by atoms with Gasteiger partial charge < -0.3 is 10.2 Å². The highest BCUT2D eigenvalue weighted by Gasteiger charge is 2.23. The molecule has 0 aliphatic carbocycles. The van der Waals surface area contributed by atoms with Crippen LogP contribution in [-0.2, 0) is 4.84 Å². The van der Waals surface area contributed by atoms with Gasteiger partial charge in [0, 0.05) is 13.1 Å². The molecule has 0 amide bonds. The van der Waals surface area contributed by atoms with E-state index >= 15 is 0 Å². The Morgan fingerprint density at radius 3 is 3.00 bits per heavy atom. The minimum atomic E-state index is 0.0605. The molecule has 1 atom stereocenters. The number of hydrogen-bond acceptors (Lipinski definition) is 4. The van der Waals surface area contributed by atoms with E-state index in [1.54, 1.807) is 6.26 Å². The van der Waals surface area contributed by atoms with Crippen molar-refractivity contribution in [1.29, 1.82) is 0 Å². The van der Waals surface area contributed by atoms with Crippen molar-refractivity contribution in [2.75, 3.05) is 19.7 Å². The molecule has 1 fully saturated rings. The van der Waals surface area contributed by atoms with Gasteiger partial charge in [-0.1, -0.05) is 0 Å². The van der Waals surface area contributed by atoms with E-state index in [0.29, 0.717) is 6.54 Å². The van der Waals surface area contributed by atoms with Crippen molar-refractivity contribution in [3.8, 4) is 0 Å². The molecular formula is C10H16N2O2. The van der Waals surface area contributed by atoms with Crippen LogP contribution < -0.4 is 5.73 Å². The minimum Gasteiger partial charge on any atom is -0.468 e. The monoisotopic (exact) mass is 196 g/mol. The smallest absolute Gasteiger partial charge is 0.124 e. The lowest BCUT2D eigenvalue weighted by Gasteiger charge is -2.31. The van der Waals surface area contributed by atoms with Crippen molar-refractivity contribution in [2.45, 2.75) is 18.9 Å². The molecule has 1 aliphatic rings. The van der Waals surface area contributed by atoms with Gasteiger partial charge in [-0.15, -0.1) is 0 Å². The Morgan fingerprint density at radius 2 is 2.43 bits per heavy atom. The van der Waals surface area contributed by atoms with Crippen molar-refractivity contribution >= 4 is 0 Å². The fourth-order valence-electron chi connectivity index (χ4n) is 1.72. The molecule has 0 spiro atoms. The van der Waals surface area contributed by atoms with Gasteiger partial charge in [-0.25, -0.2) is 0 Å². The zero-order valence-corrected chi connectivity index (χ0v) is 8.19. The zero-order chi connectivity index (χ0) is 9.80. The lowest BCUT2D eigenvalue weighted by Crippen LogP contribution is -2.37. The van der Waals surface area contributed by atoms with E-state index in [1.165, 1.54) is 0 Å². The summed E-state index contributed by atoms with van der Waals surface area (Å²) in [6.45, 7) is 2.24. The summed E-state index contributed by atoms with van der Waals surface area (Å²) in [5, 5.41) is 1.93. The first-order valence-corrected chi connectivity index (χ1v) is 5.05. The zero-order valence-electron chi connectivity index (χ0n) is 8.19. The fourth-order valence-corrected chi connectivity index (χ4v) is 1.72. The van der Waals surface area contributed by atoms with E-state index < -0.39 is 0 Å². The summed E-state index contributed by atoms with van der Waals surface area (Å²) in [6.07, 6.45) is 3.96. The molecule has 4 nitrogen and oxygen atoms in total. The van der Waals surface area contributed by atoms with E-state index in [-0.39, 0.29) is 6.04 Å². The SMILES string of the molecule is NCC(c1ccco1)N1CCCCO1. The summed E-state index contributed by atoms with van der Waals surface area (Å²) in [4.78, 5) is 5.55. The molecule has 1 unspecified atom stereocenters. The van der Waals surface area contributed by atoms with E-state index in [9.17, 15) is 0 Å². The number of furan rings is 1. The maximum Gasteiger partial charge on any atom is 0.124 e. The number of hydrogen-bond donors (Lipinski definition) is 1. The molecular weight excluding hydrogens is 180 g/mol. The third-order valence-corrected chi connectivity index (χ3v) is 2.47. The molecule has 4 heteroatoms. The average molecular weight is 196 g/mol. The maximum absolute atomic E-state index is 5.71. The number of nitrogens with zero attached hydrogens (tertiary/aromatic N) is 1. The number of rotatable bonds is 3. The lowest BCUT2D eigenvalue weighted by atomic mass is 10.2. The molecule has 0 saturated carbocycles. The van der Waals surface area contributed by atoms with Crippen LogP contribution in [0.1, 0.15) is 24.6 Å². The second kappa shape index (κ2) is 4.59. The van der Waals surface area contributed by atoms with Gasteiger partial charge in [0.25, 0.3) is 0 Å². The third-order valence-electron chi connectivity index (χ3n) is 2.47. The third kappa shape index (κ3) is 1.97. The lowest BCUT2D eigenvalue weighted by molar-refractivity contribution is -0.209. The molecule has 0 radical (unpaired) electrons. The summed E-state index contributed by atoms with van der Waals surface area (Å²) < 4.78 is 5.34. The second-order valence-corrected chi connectivity index (χ2v) is 3.45. The first kappa shape index (κ1) is 9.71. The van der Waals surface area contributed by atoms with Crippen molar-refractivity contribution < 1.29 is 9.25 Å². The van der Waals surface area contributed by atoms with Gasteiger partial charge in [-0.05, 0) is 25.0 Å². The minimum absolute atomic E-state index is 0.0605. The van der Waals surface area contributed by atoms with Gasteiger partial charge in [0.15, 0.2) is 0 Å². The molecule has 78 valence electrons. The fraction of sp³-hybridized carbons (Fsp3) is 0.600. The highest BCUT2D eigenvalue weighted by atomic mass is 16.7. The van der Waals surface area contributed by atoms with Gasteiger partial charge in [0.1, 0.15) is 11.8 Å². The van der Waals surface area contributed by atoms with Crippen LogP contribution in [0.3, 0.4) is 0 Å². The molecule has 2 heterocycles. The van der Waals surface area contributed by atoms with E-state index in [1.807, 2.05) is 17.2 Å². The van der Waals surface area contributed by atoms with Crippen LogP contribution in [0.4, 0.5) is 0 Å². The van der Waals surface area contributed by atoms with Gasteiger partial charge in [0.2, 0.25) is 0 Å². The van der Waals surface area contributed by atoms with Crippen molar-refractivity contribution in [3.05, 3.63) is 24.2 Å². The summed E-state index contributed by atoms with van der Waals surface area (Å²) >= 11 is 0. The highest BCUT2D eigenvalue weighted by molar-refractivity contribution is 5.04. The summed E-state index contributed by atoms with van der Waals surface area (Å²) in [5.74, 6) is 0.884. The molecule has 0 bridgehead atoms. The van der Waals surface area contributed by atoms with Crippen LogP contribution >= 0.6 is 0 Å². The summed E-state index contributed by atoms with van der Waals surface area (Å²) in [6, 6.07) is 3.88. The molecule has 1 saturated heterocycles. The predicted molar refractivity (Wildman–Crippen MR) is 52.4 cm³/mol. The molecule has 2 N–H and O–H groups in total. The topological polar surface area (TPSA) is 51.6 Å². The Hall–Kier alpha value is -0.840. The van der Waals surface area contributed by atoms with Crippen molar-refractivity contribution in [2.24, 2.45) is 5.73 Å². The van der Waals surface area contributed by atoms with Crippen LogP contribution in [0.5, 0.6) is 0 Å². The van der Waals surface area contributed by atoms with Gasteiger partial charge in [-0.3, -0.25) is 4.84 Å². The summed E-state index contributed by atoms with van der Waals surface area (Å²) in [5.41, 5.74) is 5.71. The molecule has 1 aromatic heterocycles. The quantitative estimate of drug-likeness (QED) is 0.791. The van der Waals surface area contributed by atoms with E-state index in [2.05, 4.69) is 0 Å². The summed E-state index contributed by atoms with van der Waals surface area (Å²) in [7, 11) is 0. The Morgan fingerprint density at radius 1 is 1.50 bits per heavy atom. The van der Waals surface area contributed by atoms with Crippen LogP contribution in [0, 0.1) is 0 Å². The largest absolute Gasteiger partial charge is 0.468 e. The molecule has 2 rings (SSSR count). The Labute approximate surface area is 83.6 Å². The normalized spacial score (nSPS) is 20.9. The van der Waals surface area contributed by atoms with Crippen LogP contribution in [0.2, 0.25) is 0 Å². The van der Waals surface area contributed by atoms with Gasteiger partial charge in [0.05, 0.1) is 12.9 Å². The molecule has 1 aromatic rings. The number of hydroxylamine groups is 2. The number of nitrogens with two attached hydrogens (primary N) is 1. The van der Waals surface area contributed by atoms with Gasteiger partial charge in [-0.2, -0.15) is 5.06 Å².